The van der Waals surface area contributed by atoms with E-state index in [1.54, 1.807) is 0 Å². The van der Waals surface area contributed by atoms with Gasteiger partial charge in [-0.25, -0.2) is 19.4 Å². The molecule has 2 saturated heterocycles. The fourth-order valence-corrected chi connectivity index (χ4v) is 6.66. The minimum atomic E-state index is -5.00. The molecule has 12 nitrogen and oxygen atoms in total. The molecule has 3 heterocycles. The molecule has 3 atom stereocenters. The van der Waals surface area contributed by atoms with Crippen molar-refractivity contribution >= 4 is 23.3 Å². The maximum atomic E-state index is 15.5. The number of unbranched alkanes of at least 4 members (excludes halogenated alkanes) is 3. The third-order valence-corrected chi connectivity index (χ3v) is 9.70. The van der Waals surface area contributed by atoms with Crippen molar-refractivity contribution in [2.24, 2.45) is 5.92 Å². The van der Waals surface area contributed by atoms with Crippen LogP contribution in [0.15, 0.2) is 42.7 Å². The predicted octanol–water partition coefficient (Wildman–Crippen LogP) is 5.70. The summed E-state index contributed by atoms with van der Waals surface area (Å²) in [6.45, 7) is 0.980. The zero-order valence-corrected chi connectivity index (χ0v) is 30.4. The summed E-state index contributed by atoms with van der Waals surface area (Å²) >= 11 is 0. The van der Waals surface area contributed by atoms with E-state index in [2.05, 4.69) is 15.3 Å². The molecule has 20 heteroatoms. The van der Waals surface area contributed by atoms with E-state index in [-0.39, 0.29) is 37.5 Å². The number of Topliss-reactive ketones (excluding diaryl/α,β-unsaturated/α-hetero) is 1. The van der Waals surface area contributed by atoms with Crippen LogP contribution in [0.5, 0.6) is 5.75 Å². The number of ketones is 1. The van der Waals surface area contributed by atoms with Crippen LogP contribution in [0, 0.1) is 17.6 Å². The number of aliphatic hydroxyl groups excluding tert-OH is 2. The van der Waals surface area contributed by atoms with E-state index < -0.39 is 100 Å². The lowest BCUT2D eigenvalue weighted by atomic mass is 9.82. The van der Waals surface area contributed by atoms with Crippen molar-refractivity contribution in [2.75, 3.05) is 38.3 Å². The minimum Gasteiger partial charge on any atom is -0.490 e. The van der Waals surface area contributed by atoms with Crippen LogP contribution >= 0.6 is 0 Å². The number of nitrogens with zero attached hydrogens (tertiary/aromatic N) is 4. The maximum absolute atomic E-state index is 15.5. The number of halogens is 8. The lowest BCUT2D eigenvalue weighted by molar-refractivity contribution is -0.184. The number of carbonyl (C=O) groups is 3. The molecular formula is C37H39F8N5O7. The zero-order chi connectivity index (χ0) is 41.7. The average Bonchev–Trinajstić information content (AvgIpc) is 3.57. The zero-order valence-electron chi connectivity index (χ0n) is 30.4. The number of hydrazine groups is 1. The van der Waals surface area contributed by atoms with E-state index in [4.69, 9.17) is 14.6 Å². The number of hydrogen-bond donors (Lipinski definition) is 3. The first-order valence-corrected chi connectivity index (χ1v) is 17.9. The number of carbonyl (C=O) groups excluding carboxylic acids is 3. The van der Waals surface area contributed by atoms with Crippen LogP contribution in [0.3, 0.4) is 0 Å². The van der Waals surface area contributed by atoms with Gasteiger partial charge in [0, 0.05) is 24.3 Å². The molecule has 2 aliphatic rings. The monoisotopic (exact) mass is 817 g/mol. The number of ether oxygens (including phenoxy) is 2. The highest BCUT2D eigenvalue weighted by molar-refractivity contribution is 6.24. The van der Waals surface area contributed by atoms with Gasteiger partial charge >= 0.3 is 12.4 Å². The Morgan fingerprint density at radius 2 is 1.70 bits per heavy atom. The van der Waals surface area contributed by atoms with Crippen LogP contribution < -0.4 is 10.1 Å². The van der Waals surface area contributed by atoms with E-state index >= 15 is 8.78 Å². The molecule has 2 fully saturated rings. The summed E-state index contributed by atoms with van der Waals surface area (Å²) in [7, 11) is 0. The van der Waals surface area contributed by atoms with Crippen LogP contribution in [-0.2, 0) is 38.0 Å². The first-order valence-electron chi connectivity index (χ1n) is 17.9. The van der Waals surface area contributed by atoms with Gasteiger partial charge in [0.05, 0.1) is 48.8 Å². The number of aromatic nitrogens is 2. The second-order valence-electron chi connectivity index (χ2n) is 13.8. The quantitative estimate of drug-likeness (QED) is 0.0932. The van der Waals surface area contributed by atoms with Crippen molar-refractivity contribution in [3.63, 3.8) is 0 Å². The number of anilines is 1. The van der Waals surface area contributed by atoms with Crippen LogP contribution in [0.1, 0.15) is 62.3 Å². The van der Waals surface area contributed by atoms with Crippen LogP contribution in [0.4, 0.5) is 40.8 Å². The number of hydrogen-bond acceptors (Lipinski definition) is 10. The normalized spacial score (nSPS) is 19.5. The smallest absolute Gasteiger partial charge is 0.433 e. The van der Waals surface area contributed by atoms with Crippen molar-refractivity contribution in [2.45, 2.75) is 76.0 Å². The molecular weight excluding hydrogens is 778 g/mol. The van der Waals surface area contributed by atoms with Crippen molar-refractivity contribution in [3.05, 3.63) is 71.2 Å². The molecule has 1 unspecified atom stereocenters. The predicted molar refractivity (Wildman–Crippen MR) is 184 cm³/mol. The van der Waals surface area contributed by atoms with Gasteiger partial charge in [0.1, 0.15) is 18.1 Å². The van der Waals surface area contributed by atoms with E-state index in [0.717, 1.165) is 17.5 Å². The summed E-state index contributed by atoms with van der Waals surface area (Å²) in [5.41, 5.74) is -6.37. The van der Waals surface area contributed by atoms with Crippen LogP contribution in [0.2, 0.25) is 0 Å². The second kappa shape index (κ2) is 17.8. The van der Waals surface area contributed by atoms with E-state index in [0.29, 0.717) is 56.8 Å². The minimum absolute atomic E-state index is 0.00990. The van der Waals surface area contributed by atoms with Crippen molar-refractivity contribution < 1.29 is 69.2 Å². The molecule has 0 saturated carbocycles. The molecule has 2 aliphatic heterocycles. The van der Waals surface area contributed by atoms with Crippen LogP contribution in [0.25, 0.3) is 11.3 Å². The molecule has 2 aromatic carbocycles. The largest absolute Gasteiger partial charge is 0.490 e. The number of benzene rings is 2. The van der Waals surface area contributed by atoms with E-state index in [9.17, 15) is 45.8 Å². The third kappa shape index (κ3) is 9.85. The third-order valence-electron chi connectivity index (χ3n) is 9.70. The number of aliphatic hydroxyl groups is 2. The topological polar surface area (TPSA) is 154 Å². The van der Waals surface area contributed by atoms with E-state index in [1.807, 2.05) is 0 Å². The molecule has 0 radical (unpaired) electrons. The van der Waals surface area contributed by atoms with Gasteiger partial charge in [-0.3, -0.25) is 19.4 Å². The fraction of sp³-hybridized carbons (Fsp3) is 0.486. The molecule has 0 spiro atoms. The fourth-order valence-electron chi connectivity index (χ4n) is 6.66. The van der Waals surface area contributed by atoms with Gasteiger partial charge in [-0.15, -0.1) is 0 Å². The van der Waals surface area contributed by atoms with Gasteiger partial charge in [0.2, 0.25) is 11.7 Å². The molecule has 0 bridgehead atoms. The van der Waals surface area contributed by atoms with Gasteiger partial charge < -0.3 is 25.0 Å². The van der Waals surface area contributed by atoms with Crippen molar-refractivity contribution in [1.29, 1.82) is 0 Å². The summed E-state index contributed by atoms with van der Waals surface area (Å²) < 4.78 is 123. The molecule has 310 valence electrons. The first-order chi connectivity index (χ1) is 26.9. The summed E-state index contributed by atoms with van der Waals surface area (Å²) in [6, 6.07) is 4.47. The number of nitrogens with one attached hydrogen (secondary N) is 1. The van der Waals surface area contributed by atoms with Gasteiger partial charge in [0.25, 0.3) is 5.91 Å². The molecule has 5 rings (SSSR count). The van der Waals surface area contributed by atoms with Gasteiger partial charge in [-0.1, -0.05) is 12.5 Å². The Bertz CT molecular complexity index is 1950. The summed E-state index contributed by atoms with van der Waals surface area (Å²) in [5.74, 6) is -8.56. The summed E-state index contributed by atoms with van der Waals surface area (Å²) in [6.07, 6.45) is -7.36. The summed E-state index contributed by atoms with van der Waals surface area (Å²) in [4.78, 5) is 48.4. The first kappa shape index (κ1) is 43.3. The Hall–Kier alpha value is -4.79. The average molecular weight is 818 g/mol. The number of amides is 2. The Kier molecular flexibility index (Phi) is 13.5. The SMILES string of the molecule is C[C@]12CCCN1N(Cc1ccc(OCCCCCCOC[C@H](O)CO)c(F)c1F)C(=O)C(C(=O)Nc1ccc(C(F)(F)F)cc1-c1cc(C(F)(F)F)ncn1)C2=O. The van der Waals surface area contributed by atoms with E-state index in [1.165, 1.54) is 24.1 Å². The van der Waals surface area contributed by atoms with Gasteiger partial charge in [-0.2, -0.15) is 30.7 Å². The lowest BCUT2D eigenvalue weighted by Gasteiger charge is -2.47. The molecule has 3 aromatic rings. The second-order valence-corrected chi connectivity index (χ2v) is 13.8. The molecule has 3 N–H and O–H groups in total. The molecule has 1 aromatic heterocycles. The lowest BCUT2D eigenvalue weighted by Crippen LogP contribution is -2.68. The Balaban J connectivity index is 1.32. The number of fused-ring (bicyclic) bond motifs is 1. The Morgan fingerprint density at radius 3 is 2.39 bits per heavy atom. The highest BCUT2D eigenvalue weighted by atomic mass is 19.4. The van der Waals surface area contributed by atoms with Gasteiger partial charge in [-0.05, 0) is 69.4 Å². The molecule has 2 amide bonds. The van der Waals surface area contributed by atoms with Gasteiger partial charge in [0.15, 0.2) is 23.3 Å². The Morgan fingerprint density at radius 1 is 0.982 bits per heavy atom. The van der Waals surface area contributed by atoms with Crippen molar-refractivity contribution in [3.8, 4) is 17.0 Å². The highest BCUT2D eigenvalue weighted by Gasteiger charge is 2.58. The Labute approximate surface area is 320 Å². The standard InChI is InChI=1S/C37H39F8N5O7/c1-35-11-6-12-50(35)49(17-21-7-10-27(31(39)30(21)38)57-14-5-3-2-4-13-56-19-23(52)18-51)34(55)29(32(35)53)33(54)48-25-9-8-22(36(40,41)42)15-24(25)26-16-28(37(43,44)45)47-20-46-26/h7-10,15-16,20,23,29,51-52H,2-6,11-14,17-19H2,1H3,(H,48,54)/t23-,29?,35-/m1/s1. The van der Waals surface area contributed by atoms with Crippen LogP contribution in [-0.4, -0.2) is 92.4 Å². The maximum Gasteiger partial charge on any atom is 0.433 e. The highest BCUT2D eigenvalue weighted by Crippen LogP contribution is 2.41. The number of rotatable bonds is 16. The number of alkyl halides is 6. The van der Waals surface area contributed by atoms with Crippen molar-refractivity contribution in [1.82, 2.24) is 20.0 Å². The molecule has 57 heavy (non-hydrogen) atoms. The molecule has 0 aliphatic carbocycles. The summed E-state index contributed by atoms with van der Waals surface area (Å²) in [5, 5.41) is 22.6.